The number of H-pyrrole nitrogens is 1. The number of aliphatic hydroxyl groups is 1. The number of rotatable bonds is 5. The summed E-state index contributed by atoms with van der Waals surface area (Å²) in [7, 11) is 0. The number of aliphatic carboxylic acids is 1. The molecule has 82 valence electrons. The van der Waals surface area contributed by atoms with Crippen molar-refractivity contribution in [1.82, 2.24) is 15.3 Å². The van der Waals surface area contributed by atoms with Crippen molar-refractivity contribution in [3.8, 4) is 0 Å². The summed E-state index contributed by atoms with van der Waals surface area (Å²) in [6, 6.07) is 0. The van der Waals surface area contributed by atoms with E-state index in [0.717, 1.165) is 0 Å². The Kier molecular flexibility index (Phi) is 3.81. The molecule has 4 N–H and O–H groups in total. The number of aromatic amines is 1. The van der Waals surface area contributed by atoms with Crippen LogP contribution in [0, 0.1) is 0 Å². The van der Waals surface area contributed by atoms with E-state index < -0.39 is 12.1 Å². The quantitative estimate of drug-likeness (QED) is 0.499. The molecule has 7 heteroatoms. The van der Waals surface area contributed by atoms with Crippen molar-refractivity contribution >= 4 is 11.9 Å². The molecule has 0 fully saturated rings. The summed E-state index contributed by atoms with van der Waals surface area (Å²) >= 11 is 0. The molecule has 0 spiro atoms. The Hall–Kier alpha value is -1.89. The van der Waals surface area contributed by atoms with Crippen LogP contribution in [0.2, 0.25) is 0 Å². The normalized spacial score (nSPS) is 12.1. The minimum atomic E-state index is -1.45. The van der Waals surface area contributed by atoms with Crippen molar-refractivity contribution in [3.05, 3.63) is 18.2 Å². The van der Waals surface area contributed by atoms with Gasteiger partial charge in [-0.25, -0.2) is 9.78 Å². The molecule has 0 saturated carbocycles. The molecule has 0 aliphatic heterocycles. The molecule has 0 aliphatic rings. The second-order valence-electron chi connectivity index (χ2n) is 2.86. The van der Waals surface area contributed by atoms with Gasteiger partial charge in [-0.3, -0.25) is 4.79 Å². The molecule has 1 aromatic heterocycles. The number of imidazole rings is 1. The lowest BCUT2D eigenvalue weighted by Gasteiger charge is -2.05. The number of amides is 1. The second-order valence-corrected chi connectivity index (χ2v) is 2.86. The van der Waals surface area contributed by atoms with Gasteiger partial charge in [0.25, 0.3) is 5.91 Å². The number of carbonyl (C=O) groups is 2. The van der Waals surface area contributed by atoms with Gasteiger partial charge in [0.05, 0.1) is 12.5 Å². The zero-order valence-electron chi connectivity index (χ0n) is 7.80. The largest absolute Gasteiger partial charge is 0.479 e. The Morgan fingerprint density at radius 2 is 2.33 bits per heavy atom. The average molecular weight is 213 g/mol. The summed E-state index contributed by atoms with van der Waals surface area (Å²) in [5.41, 5.74) is 0.291. The zero-order valence-corrected chi connectivity index (χ0v) is 7.80. The topological polar surface area (TPSA) is 115 Å². The fourth-order valence-electron chi connectivity index (χ4n) is 0.921. The molecule has 0 aliphatic carbocycles. The molecular formula is C8H11N3O4. The molecule has 0 bridgehead atoms. The number of carboxylic acids is 1. The van der Waals surface area contributed by atoms with Crippen LogP contribution in [-0.4, -0.2) is 44.7 Å². The van der Waals surface area contributed by atoms with E-state index in [1.165, 1.54) is 12.5 Å². The lowest BCUT2D eigenvalue weighted by molar-refractivity contribution is -0.146. The van der Waals surface area contributed by atoms with Gasteiger partial charge in [0.2, 0.25) is 0 Å². The Morgan fingerprint density at radius 3 is 2.87 bits per heavy atom. The number of hydrogen-bond donors (Lipinski definition) is 4. The second kappa shape index (κ2) is 5.11. The smallest absolute Gasteiger partial charge is 0.332 e. The standard InChI is InChI=1S/C8H11N3O4/c12-6(8(14)15)1-2-10-7(13)5-3-9-4-11-5/h3-4,6,12H,1-2H2,(H,9,11)(H,10,13)(H,14,15)/t6-/m0/s1. The Balaban J connectivity index is 2.27. The third-order valence-corrected chi connectivity index (χ3v) is 1.73. The van der Waals surface area contributed by atoms with Gasteiger partial charge in [0.1, 0.15) is 5.69 Å². The van der Waals surface area contributed by atoms with E-state index >= 15 is 0 Å². The van der Waals surface area contributed by atoms with Crippen molar-refractivity contribution in [3.63, 3.8) is 0 Å². The number of nitrogens with one attached hydrogen (secondary N) is 2. The van der Waals surface area contributed by atoms with Gasteiger partial charge in [0.15, 0.2) is 6.10 Å². The van der Waals surface area contributed by atoms with Gasteiger partial charge in [0, 0.05) is 13.0 Å². The molecule has 1 aromatic rings. The lowest BCUT2D eigenvalue weighted by atomic mass is 10.2. The number of carbonyl (C=O) groups excluding carboxylic acids is 1. The molecule has 7 nitrogen and oxygen atoms in total. The van der Waals surface area contributed by atoms with Crippen LogP contribution in [-0.2, 0) is 4.79 Å². The summed E-state index contributed by atoms with van der Waals surface area (Å²) in [4.78, 5) is 27.7. The molecule has 0 radical (unpaired) electrons. The molecule has 1 atom stereocenters. The first-order valence-electron chi connectivity index (χ1n) is 4.28. The summed E-state index contributed by atoms with van der Waals surface area (Å²) in [6.45, 7) is 0.0886. The minimum Gasteiger partial charge on any atom is -0.479 e. The summed E-state index contributed by atoms with van der Waals surface area (Å²) in [5.74, 6) is -1.68. The molecular weight excluding hydrogens is 202 g/mol. The van der Waals surface area contributed by atoms with Gasteiger partial charge < -0.3 is 20.5 Å². The third-order valence-electron chi connectivity index (χ3n) is 1.73. The number of carboxylic acid groups (broad SMARTS) is 1. The highest BCUT2D eigenvalue weighted by Gasteiger charge is 2.13. The first kappa shape index (κ1) is 11.2. The SMILES string of the molecule is O=C(NCC[C@H](O)C(=O)O)c1cnc[nH]1. The average Bonchev–Trinajstić information content (AvgIpc) is 2.70. The molecule has 15 heavy (non-hydrogen) atoms. The van der Waals surface area contributed by atoms with Crippen LogP contribution in [0.3, 0.4) is 0 Å². The van der Waals surface area contributed by atoms with Crippen molar-refractivity contribution in [2.24, 2.45) is 0 Å². The van der Waals surface area contributed by atoms with Crippen LogP contribution in [0.1, 0.15) is 16.9 Å². The van der Waals surface area contributed by atoms with Crippen molar-refractivity contribution in [2.45, 2.75) is 12.5 Å². The highest BCUT2D eigenvalue weighted by molar-refractivity contribution is 5.91. The highest BCUT2D eigenvalue weighted by Crippen LogP contribution is 1.93. The maximum atomic E-state index is 11.2. The predicted molar refractivity (Wildman–Crippen MR) is 49.2 cm³/mol. The molecule has 0 saturated heterocycles. The summed E-state index contributed by atoms with van der Waals surface area (Å²) in [6.07, 6.45) is 1.23. The number of nitrogens with zero attached hydrogens (tertiary/aromatic N) is 1. The van der Waals surface area contributed by atoms with Gasteiger partial charge in [-0.15, -0.1) is 0 Å². The molecule has 1 heterocycles. The molecule has 0 aromatic carbocycles. The highest BCUT2D eigenvalue weighted by atomic mass is 16.4. The fourth-order valence-corrected chi connectivity index (χ4v) is 0.921. The maximum Gasteiger partial charge on any atom is 0.332 e. The maximum absolute atomic E-state index is 11.2. The predicted octanol–water partition coefficient (Wildman–Crippen LogP) is -1.02. The van der Waals surface area contributed by atoms with E-state index in [2.05, 4.69) is 15.3 Å². The lowest BCUT2D eigenvalue weighted by Crippen LogP contribution is -2.30. The van der Waals surface area contributed by atoms with E-state index in [4.69, 9.17) is 10.2 Å². The Morgan fingerprint density at radius 1 is 1.60 bits per heavy atom. The van der Waals surface area contributed by atoms with Crippen LogP contribution >= 0.6 is 0 Å². The van der Waals surface area contributed by atoms with Crippen LogP contribution in [0.5, 0.6) is 0 Å². The van der Waals surface area contributed by atoms with Crippen LogP contribution < -0.4 is 5.32 Å². The summed E-state index contributed by atoms with van der Waals surface area (Å²) < 4.78 is 0. The van der Waals surface area contributed by atoms with E-state index in [9.17, 15) is 9.59 Å². The molecule has 0 unspecified atom stereocenters. The van der Waals surface area contributed by atoms with E-state index in [0.29, 0.717) is 5.69 Å². The number of hydrogen-bond acceptors (Lipinski definition) is 4. The summed E-state index contributed by atoms with van der Waals surface area (Å²) in [5, 5.41) is 19.7. The van der Waals surface area contributed by atoms with Gasteiger partial charge in [-0.05, 0) is 0 Å². The van der Waals surface area contributed by atoms with Crippen LogP contribution in [0.15, 0.2) is 12.5 Å². The van der Waals surface area contributed by atoms with Gasteiger partial charge in [-0.1, -0.05) is 0 Å². The first-order valence-corrected chi connectivity index (χ1v) is 4.28. The fraction of sp³-hybridized carbons (Fsp3) is 0.375. The number of aromatic nitrogens is 2. The van der Waals surface area contributed by atoms with Gasteiger partial charge >= 0.3 is 5.97 Å². The van der Waals surface area contributed by atoms with Crippen molar-refractivity contribution in [1.29, 1.82) is 0 Å². The Bertz CT molecular complexity index is 336. The van der Waals surface area contributed by atoms with E-state index in [1.807, 2.05) is 0 Å². The first-order chi connectivity index (χ1) is 7.11. The third kappa shape index (κ3) is 3.39. The van der Waals surface area contributed by atoms with Crippen molar-refractivity contribution < 1.29 is 19.8 Å². The Labute approximate surface area is 85.1 Å². The van der Waals surface area contributed by atoms with Gasteiger partial charge in [-0.2, -0.15) is 0 Å². The van der Waals surface area contributed by atoms with Crippen LogP contribution in [0.4, 0.5) is 0 Å². The minimum absolute atomic E-state index is 0.0325. The van der Waals surface area contributed by atoms with Crippen LogP contribution in [0.25, 0.3) is 0 Å². The van der Waals surface area contributed by atoms with E-state index in [1.54, 1.807) is 0 Å². The zero-order chi connectivity index (χ0) is 11.3. The molecule has 1 rings (SSSR count). The van der Waals surface area contributed by atoms with Crippen molar-refractivity contribution in [2.75, 3.05) is 6.54 Å². The monoisotopic (exact) mass is 213 g/mol. The number of aliphatic hydroxyl groups excluding tert-OH is 1. The molecule has 1 amide bonds. The van der Waals surface area contributed by atoms with E-state index in [-0.39, 0.29) is 18.9 Å².